The molecule has 1 aliphatic rings. The van der Waals surface area contributed by atoms with Crippen molar-refractivity contribution in [3.63, 3.8) is 0 Å². The van der Waals surface area contributed by atoms with Gasteiger partial charge in [0.15, 0.2) is 17.4 Å². The zero-order valence-electron chi connectivity index (χ0n) is 19.8. The minimum Gasteiger partial charge on any atom is -0.451 e. The van der Waals surface area contributed by atoms with Crippen LogP contribution in [-0.2, 0) is 19.1 Å². The van der Waals surface area contributed by atoms with Gasteiger partial charge in [0.2, 0.25) is 0 Å². The fourth-order valence-corrected chi connectivity index (χ4v) is 4.33. The summed E-state index contributed by atoms with van der Waals surface area (Å²) in [5.41, 5.74) is 1.49. The van der Waals surface area contributed by atoms with Crippen molar-refractivity contribution in [2.24, 2.45) is 0 Å². The van der Waals surface area contributed by atoms with Crippen LogP contribution >= 0.6 is 23.5 Å². The van der Waals surface area contributed by atoms with E-state index in [1.165, 1.54) is 50.9 Å². The Labute approximate surface area is 221 Å². The highest BCUT2D eigenvalue weighted by Gasteiger charge is 2.27. The molecule has 200 valence electrons. The lowest BCUT2D eigenvalue weighted by Gasteiger charge is -2.29. The topological polar surface area (TPSA) is 112 Å². The molecule has 1 aliphatic heterocycles. The van der Waals surface area contributed by atoms with E-state index in [2.05, 4.69) is 0 Å². The highest BCUT2D eigenvalue weighted by Crippen LogP contribution is 2.33. The molecule has 0 aliphatic carbocycles. The van der Waals surface area contributed by atoms with E-state index >= 15 is 0 Å². The van der Waals surface area contributed by atoms with E-state index in [1.54, 1.807) is 0 Å². The lowest BCUT2D eigenvalue weighted by atomic mass is 10.3. The summed E-state index contributed by atoms with van der Waals surface area (Å²) in [5.74, 6) is -4.58. The monoisotopic (exact) mass is 558 g/mol. The van der Waals surface area contributed by atoms with E-state index in [0.717, 1.165) is 24.1 Å². The number of hydrogen-bond acceptors (Lipinski definition) is 8. The van der Waals surface area contributed by atoms with Gasteiger partial charge in [0.1, 0.15) is 5.75 Å². The first-order valence-electron chi connectivity index (χ1n) is 11.1. The number of rotatable bonds is 9. The first-order chi connectivity index (χ1) is 17.7. The van der Waals surface area contributed by atoms with Crippen LogP contribution in [0.25, 0.3) is 0 Å². The van der Waals surface area contributed by atoms with Crippen LogP contribution in [-0.4, -0.2) is 90.0 Å². The van der Waals surface area contributed by atoms with Crippen LogP contribution in [0, 0.1) is 11.6 Å². The lowest BCUT2D eigenvalue weighted by molar-refractivity contribution is -0.153. The summed E-state index contributed by atoms with van der Waals surface area (Å²) in [6, 6.07) is 8.00. The molecule has 0 bridgehead atoms. The van der Waals surface area contributed by atoms with Gasteiger partial charge in [-0.3, -0.25) is 19.6 Å². The highest BCUT2D eigenvalue weighted by atomic mass is 35.5. The number of amides is 3. The minimum atomic E-state index is -0.979. The van der Waals surface area contributed by atoms with E-state index in [0.29, 0.717) is 31.3 Å². The predicted molar refractivity (Wildman–Crippen MR) is 130 cm³/mol. The number of nitrogens with one attached hydrogen (secondary N) is 1. The maximum Gasteiger partial charge on any atom is 0.312 e. The number of carbonyl (C=O) groups excluding carboxylic acids is 3. The fourth-order valence-electron chi connectivity index (χ4n) is 3.24. The van der Waals surface area contributed by atoms with Gasteiger partial charge < -0.3 is 19.3 Å². The average molecular weight is 559 g/mol. The lowest BCUT2D eigenvalue weighted by Crippen LogP contribution is -2.49. The summed E-state index contributed by atoms with van der Waals surface area (Å²) in [7, 11) is 1.43. The van der Waals surface area contributed by atoms with Gasteiger partial charge >= 0.3 is 11.8 Å². The van der Waals surface area contributed by atoms with Crippen LogP contribution in [0.4, 0.5) is 8.78 Å². The number of hydrogen-bond donors (Lipinski definition) is 2. The van der Waals surface area contributed by atoms with E-state index in [9.17, 15) is 23.2 Å². The Bertz CT molecular complexity index is 1100. The van der Waals surface area contributed by atoms with Crippen molar-refractivity contribution in [3.8, 4) is 11.5 Å². The standard InChI is InChI=1S/C23H25ClF2N4O6S/c1-28(22(32)23(33)29-8-10-35-11-9-29)6-7-30(14-20(31)27-34)37-17-12-18(25)21(19(26)13-17)36-16-4-2-15(24)3-5-16/h2-5,12-13,34H,6-11,14H2,1H3,(H,27,31). The number of likely N-dealkylation sites (N-methyl/N-ethyl adjacent to an activating group) is 1. The van der Waals surface area contributed by atoms with Crippen molar-refractivity contribution < 1.29 is 37.8 Å². The Hall–Kier alpha value is -2.97. The molecule has 0 spiro atoms. The molecule has 1 fully saturated rings. The molecular weight excluding hydrogens is 534 g/mol. The second-order valence-electron chi connectivity index (χ2n) is 7.89. The van der Waals surface area contributed by atoms with E-state index in [4.69, 9.17) is 26.3 Å². The van der Waals surface area contributed by atoms with Crippen LogP contribution in [0.5, 0.6) is 11.5 Å². The number of morpholine rings is 1. The van der Waals surface area contributed by atoms with Crippen LogP contribution in [0.2, 0.25) is 5.02 Å². The van der Waals surface area contributed by atoms with Gasteiger partial charge in [0.05, 0.1) is 19.8 Å². The molecule has 0 radical (unpaired) electrons. The van der Waals surface area contributed by atoms with Crippen molar-refractivity contribution in [2.45, 2.75) is 4.90 Å². The average Bonchev–Trinajstić information content (AvgIpc) is 2.89. The zero-order chi connectivity index (χ0) is 26.9. The molecule has 0 atom stereocenters. The minimum absolute atomic E-state index is 0.0172. The van der Waals surface area contributed by atoms with Crippen LogP contribution < -0.4 is 10.2 Å². The molecule has 37 heavy (non-hydrogen) atoms. The molecule has 3 rings (SSSR count). The molecule has 2 N–H and O–H groups in total. The molecule has 1 saturated heterocycles. The number of nitrogens with zero attached hydrogens (tertiary/aromatic N) is 3. The molecule has 2 aromatic carbocycles. The van der Waals surface area contributed by atoms with E-state index in [-0.39, 0.29) is 30.3 Å². The molecule has 3 amide bonds. The molecule has 10 nitrogen and oxygen atoms in total. The van der Waals surface area contributed by atoms with Crippen LogP contribution in [0.15, 0.2) is 41.3 Å². The zero-order valence-corrected chi connectivity index (χ0v) is 21.4. The largest absolute Gasteiger partial charge is 0.451 e. The van der Waals surface area contributed by atoms with Gasteiger partial charge in [-0.1, -0.05) is 11.6 Å². The van der Waals surface area contributed by atoms with Crippen molar-refractivity contribution >= 4 is 41.3 Å². The van der Waals surface area contributed by atoms with E-state index in [1.807, 2.05) is 0 Å². The summed E-state index contributed by atoms with van der Waals surface area (Å²) < 4.78 is 41.2. The Morgan fingerprint density at radius 1 is 1.14 bits per heavy atom. The van der Waals surface area contributed by atoms with Crippen LogP contribution in [0.1, 0.15) is 0 Å². The van der Waals surface area contributed by atoms with Crippen molar-refractivity contribution in [3.05, 3.63) is 53.1 Å². The van der Waals surface area contributed by atoms with Gasteiger partial charge in [0.25, 0.3) is 5.91 Å². The first-order valence-corrected chi connectivity index (χ1v) is 12.2. The van der Waals surface area contributed by atoms with Gasteiger partial charge in [-0.15, -0.1) is 0 Å². The maximum absolute atomic E-state index is 14.7. The molecular formula is C23H25ClF2N4O6S. The summed E-state index contributed by atoms with van der Waals surface area (Å²) in [4.78, 5) is 39.4. The summed E-state index contributed by atoms with van der Waals surface area (Å²) in [6.45, 7) is 0.997. The SMILES string of the molecule is CN(CCN(CC(=O)NO)Sc1cc(F)c(Oc2ccc(Cl)cc2)c(F)c1)C(=O)C(=O)N1CCOCC1. The van der Waals surface area contributed by atoms with Crippen LogP contribution in [0.3, 0.4) is 0 Å². The molecule has 1 heterocycles. The first kappa shape index (κ1) is 28.6. The predicted octanol–water partition coefficient (Wildman–Crippen LogP) is 2.54. The van der Waals surface area contributed by atoms with Gasteiger partial charge in [0, 0.05) is 43.1 Å². The Kier molecular flexibility index (Phi) is 10.5. The smallest absolute Gasteiger partial charge is 0.312 e. The number of hydroxylamine groups is 1. The number of halogens is 3. The Balaban J connectivity index is 1.66. The Morgan fingerprint density at radius 2 is 1.76 bits per heavy atom. The maximum atomic E-state index is 14.7. The number of carbonyl (C=O) groups is 3. The molecule has 2 aromatic rings. The van der Waals surface area contributed by atoms with Gasteiger partial charge in [-0.2, -0.15) is 0 Å². The number of ether oxygens (including phenoxy) is 2. The second-order valence-corrected chi connectivity index (χ2v) is 9.50. The van der Waals surface area contributed by atoms with E-state index < -0.39 is 35.1 Å². The second kappa shape index (κ2) is 13.5. The molecule has 0 aromatic heterocycles. The third-order valence-electron chi connectivity index (χ3n) is 5.20. The Morgan fingerprint density at radius 3 is 2.35 bits per heavy atom. The normalized spacial score (nSPS) is 13.4. The summed E-state index contributed by atoms with van der Waals surface area (Å²) >= 11 is 6.63. The van der Waals surface area contributed by atoms with Gasteiger partial charge in [-0.25, -0.2) is 18.6 Å². The molecule has 0 saturated carbocycles. The van der Waals surface area contributed by atoms with Gasteiger partial charge in [-0.05, 0) is 48.3 Å². The molecule has 14 heteroatoms. The highest BCUT2D eigenvalue weighted by molar-refractivity contribution is 7.97. The van der Waals surface area contributed by atoms with Crippen molar-refractivity contribution in [1.29, 1.82) is 0 Å². The third-order valence-corrected chi connectivity index (χ3v) is 6.47. The quantitative estimate of drug-likeness (QED) is 0.209. The summed E-state index contributed by atoms with van der Waals surface area (Å²) in [6.07, 6.45) is 0. The summed E-state index contributed by atoms with van der Waals surface area (Å²) in [5, 5.41) is 9.34. The number of benzene rings is 2. The third kappa shape index (κ3) is 8.27. The van der Waals surface area contributed by atoms with Crippen molar-refractivity contribution in [1.82, 2.24) is 19.6 Å². The molecule has 0 unspecified atom stereocenters. The fraction of sp³-hybridized carbons (Fsp3) is 0.348. The van der Waals surface area contributed by atoms with Crippen molar-refractivity contribution in [2.75, 3.05) is 53.0 Å².